The van der Waals surface area contributed by atoms with Crippen molar-refractivity contribution in [3.8, 4) is 0 Å². The summed E-state index contributed by atoms with van der Waals surface area (Å²) in [6.07, 6.45) is -0.191. The highest BCUT2D eigenvalue weighted by molar-refractivity contribution is 6.24. The minimum Gasteiger partial charge on any atom is -0.353 e. The first-order chi connectivity index (χ1) is 9.56. The van der Waals surface area contributed by atoms with Crippen LogP contribution >= 0.6 is 11.6 Å². The highest BCUT2D eigenvalue weighted by Gasteiger charge is 2.38. The van der Waals surface area contributed by atoms with E-state index in [0.717, 1.165) is 11.3 Å². The maximum absolute atomic E-state index is 10.6. The zero-order valence-corrected chi connectivity index (χ0v) is 11.3. The van der Waals surface area contributed by atoms with Gasteiger partial charge >= 0.3 is 0 Å². The highest BCUT2D eigenvalue weighted by atomic mass is 35.5. The van der Waals surface area contributed by atoms with Gasteiger partial charge in [0.2, 0.25) is 0 Å². The highest BCUT2D eigenvalue weighted by Crippen LogP contribution is 2.25. The van der Waals surface area contributed by atoms with Crippen LogP contribution in [0.25, 0.3) is 0 Å². The Hall–Kier alpha value is -2.15. The molecule has 20 heavy (non-hydrogen) atoms. The second-order valence-corrected chi connectivity index (χ2v) is 5.15. The van der Waals surface area contributed by atoms with Crippen molar-refractivity contribution in [1.82, 2.24) is 10.7 Å². The average Bonchev–Trinajstić information content (AvgIpc) is 2.81. The van der Waals surface area contributed by atoms with Crippen LogP contribution in [0.4, 0.5) is 5.69 Å². The number of hydrogen-bond acceptors (Lipinski definition) is 6. The molecule has 1 aromatic rings. The first-order valence-corrected chi connectivity index (χ1v) is 6.53. The second kappa shape index (κ2) is 4.75. The number of aliphatic imine (C=N–C) groups is 1. The molecule has 1 aromatic carbocycles. The maximum atomic E-state index is 10.6. The number of nitro benzene ring substituents is 1. The third-order valence-corrected chi connectivity index (χ3v) is 3.79. The lowest BCUT2D eigenvalue weighted by atomic mass is 10.00. The normalized spacial score (nSPS) is 27.8. The number of amidine groups is 1. The summed E-state index contributed by atoms with van der Waals surface area (Å²) in [6, 6.07) is 6.19. The van der Waals surface area contributed by atoms with Crippen LogP contribution in [0.1, 0.15) is 12.5 Å². The molecule has 0 aromatic heterocycles. The van der Waals surface area contributed by atoms with E-state index in [0.29, 0.717) is 5.84 Å². The molecule has 2 heterocycles. The molecule has 7 nitrogen and oxygen atoms in total. The monoisotopic (exact) mass is 293 g/mol. The van der Waals surface area contributed by atoms with Crippen molar-refractivity contribution < 1.29 is 4.92 Å². The number of non-ortho nitro benzene ring substituents is 1. The molecule has 3 rings (SSSR count). The number of nitrogens with one attached hydrogen (secondary N) is 2. The number of benzene rings is 1. The van der Waals surface area contributed by atoms with Gasteiger partial charge in [-0.05, 0) is 19.1 Å². The first-order valence-electron chi connectivity index (χ1n) is 6.09. The zero-order valence-electron chi connectivity index (χ0n) is 10.6. The molecule has 0 amide bonds. The smallest absolute Gasteiger partial charge is 0.269 e. The van der Waals surface area contributed by atoms with E-state index >= 15 is 0 Å². The van der Waals surface area contributed by atoms with Gasteiger partial charge in [-0.15, -0.1) is 0 Å². The summed E-state index contributed by atoms with van der Waals surface area (Å²) in [6.45, 7) is 1.90. The Balaban J connectivity index is 1.88. The molecule has 0 saturated carbocycles. The molecule has 0 radical (unpaired) electrons. The van der Waals surface area contributed by atoms with E-state index in [9.17, 15) is 10.1 Å². The van der Waals surface area contributed by atoms with Gasteiger partial charge in [-0.3, -0.25) is 15.5 Å². The number of fused-ring (bicyclic) bond motifs is 1. The van der Waals surface area contributed by atoms with Gasteiger partial charge in [-0.25, -0.2) is 4.99 Å². The molecule has 2 aliphatic heterocycles. The van der Waals surface area contributed by atoms with Gasteiger partial charge in [-0.2, -0.15) is 5.10 Å². The van der Waals surface area contributed by atoms with E-state index in [2.05, 4.69) is 20.8 Å². The number of nitro groups is 1. The summed E-state index contributed by atoms with van der Waals surface area (Å²) in [5.74, 6) is 0.622. The van der Waals surface area contributed by atoms with Gasteiger partial charge < -0.3 is 5.32 Å². The van der Waals surface area contributed by atoms with Crippen molar-refractivity contribution in [2.24, 2.45) is 16.0 Å². The van der Waals surface area contributed by atoms with Crippen LogP contribution in [0.15, 0.2) is 34.4 Å². The third kappa shape index (κ3) is 2.09. The van der Waals surface area contributed by atoms with E-state index in [1.165, 1.54) is 12.1 Å². The Morgan fingerprint density at radius 1 is 1.35 bits per heavy atom. The lowest BCUT2D eigenvalue weighted by Crippen LogP contribution is -2.49. The molecular weight excluding hydrogens is 282 g/mol. The molecule has 0 aliphatic carbocycles. The van der Waals surface area contributed by atoms with Gasteiger partial charge in [0.15, 0.2) is 0 Å². The molecular formula is C12H12ClN5O2. The van der Waals surface area contributed by atoms with Crippen molar-refractivity contribution in [3.63, 3.8) is 0 Å². The summed E-state index contributed by atoms with van der Waals surface area (Å²) in [4.78, 5) is 14.7. The summed E-state index contributed by atoms with van der Waals surface area (Å²) in [5.41, 5.74) is 4.33. The largest absolute Gasteiger partial charge is 0.353 e. The van der Waals surface area contributed by atoms with Crippen LogP contribution < -0.4 is 10.7 Å². The van der Waals surface area contributed by atoms with E-state index in [4.69, 9.17) is 11.6 Å². The van der Waals surface area contributed by atoms with E-state index < -0.39 is 4.92 Å². The Labute approximate surface area is 119 Å². The van der Waals surface area contributed by atoms with Gasteiger partial charge in [0.25, 0.3) is 5.69 Å². The van der Waals surface area contributed by atoms with E-state index in [-0.39, 0.29) is 23.3 Å². The summed E-state index contributed by atoms with van der Waals surface area (Å²) >= 11 is 6.32. The predicted octanol–water partition coefficient (Wildman–Crippen LogP) is 1.43. The SMILES string of the molecule is CC1=NNC2N=C(c3ccc([N+](=O)[O-])cc3)NC(Cl)C12. The van der Waals surface area contributed by atoms with Crippen LogP contribution in [0.3, 0.4) is 0 Å². The van der Waals surface area contributed by atoms with Crippen LogP contribution in [-0.2, 0) is 0 Å². The molecule has 104 valence electrons. The molecule has 3 atom stereocenters. The van der Waals surface area contributed by atoms with Crippen LogP contribution in [0.2, 0.25) is 0 Å². The molecule has 2 N–H and O–H groups in total. The van der Waals surface area contributed by atoms with Gasteiger partial charge in [0.05, 0.1) is 10.8 Å². The topological polar surface area (TPSA) is 91.9 Å². The van der Waals surface area contributed by atoms with Crippen molar-refractivity contribution >= 4 is 28.8 Å². The fourth-order valence-electron chi connectivity index (χ4n) is 2.33. The van der Waals surface area contributed by atoms with Gasteiger partial charge in [0, 0.05) is 23.4 Å². The molecule has 2 aliphatic rings. The fraction of sp³-hybridized carbons (Fsp3) is 0.333. The molecule has 8 heteroatoms. The van der Waals surface area contributed by atoms with Crippen molar-refractivity contribution in [3.05, 3.63) is 39.9 Å². The molecule has 0 bridgehead atoms. The number of hydrazone groups is 1. The minimum atomic E-state index is -0.435. The summed E-state index contributed by atoms with van der Waals surface area (Å²) in [5, 5.41) is 17.9. The molecule has 3 unspecified atom stereocenters. The van der Waals surface area contributed by atoms with Gasteiger partial charge in [-0.1, -0.05) is 11.6 Å². The van der Waals surface area contributed by atoms with Crippen LogP contribution in [0.5, 0.6) is 0 Å². The summed E-state index contributed by atoms with van der Waals surface area (Å²) in [7, 11) is 0. The number of halogens is 1. The van der Waals surface area contributed by atoms with E-state index in [1.54, 1.807) is 12.1 Å². The second-order valence-electron chi connectivity index (χ2n) is 4.68. The molecule has 0 fully saturated rings. The number of hydrogen-bond donors (Lipinski definition) is 2. The summed E-state index contributed by atoms with van der Waals surface area (Å²) < 4.78 is 0. The van der Waals surface area contributed by atoms with Crippen molar-refractivity contribution in [2.75, 3.05) is 0 Å². The minimum absolute atomic E-state index is 0.0125. The lowest BCUT2D eigenvalue weighted by molar-refractivity contribution is -0.384. The number of nitrogens with zero attached hydrogens (tertiary/aromatic N) is 3. The number of alkyl halides is 1. The zero-order chi connectivity index (χ0) is 14.3. The van der Waals surface area contributed by atoms with Gasteiger partial charge in [0.1, 0.15) is 17.5 Å². The van der Waals surface area contributed by atoms with Crippen molar-refractivity contribution in [2.45, 2.75) is 18.6 Å². The Morgan fingerprint density at radius 2 is 2.05 bits per heavy atom. The first kappa shape index (κ1) is 12.9. The fourth-order valence-corrected chi connectivity index (χ4v) is 2.75. The molecule has 0 spiro atoms. The third-order valence-electron chi connectivity index (χ3n) is 3.41. The Morgan fingerprint density at radius 3 is 2.70 bits per heavy atom. The van der Waals surface area contributed by atoms with Crippen LogP contribution in [0, 0.1) is 16.0 Å². The Bertz CT molecular complexity index is 613. The standard InChI is InChI=1S/C12H12ClN5O2/c1-6-9-10(13)14-11(15-12(9)17-16-6)7-2-4-8(5-3-7)18(19)20/h2-5,9-10,12,17H,1H3,(H,14,15). The van der Waals surface area contributed by atoms with Crippen LogP contribution in [-0.4, -0.2) is 28.1 Å². The lowest BCUT2D eigenvalue weighted by Gasteiger charge is -2.29. The number of rotatable bonds is 2. The predicted molar refractivity (Wildman–Crippen MR) is 75.9 cm³/mol. The van der Waals surface area contributed by atoms with Crippen molar-refractivity contribution in [1.29, 1.82) is 0 Å². The Kier molecular flexibility index (Phi) is 3.06. The van der Waals surface area contributed by atoms with E-state index in [1.807, 2.05) is 6.92 Å². The maximum Gasteiger partial charge on any atom is 0.269 e. The quantitative estimate of drug-likeness (QED) is 0.373. The average molecular weight is 294 g/mol. The molecule has 0 saturated heterocycles.